The molecule has 1 heterocycles. The van der Waals surface area contributed by atoms with E-state index in [0.29, 0.717) is 16.8 Å². The first-order chi connectivity index (χ1) is 7.83. The zero-order chi connectivity index (χ0) is 11.4. The molecule has 0 amide bonds. The summed E-state index contributed by atoms with van der Waals surface area (Å²) in [7, 11) is 0. The minimum Gasteiger partial charge on any atom is -0.303 e. The Morgan fingerprint density at radius 1 is 1.06 bits per heavy atom. The molecule has 4 heteroatoms. The van der Waals surface area contributed by atoms with E-state index in [1.807, 2.05) is 6.07 Å². The minimum absolute atomic E-state index is 0. The predicted molar refractivity (Wildman–Crippen MR) is 57.9 cm³/mol. The van der Waals surface area contributed by atoms with Crippen molar-refractivity contribution in [2.24, 2.45) is 0 Å². The van der Waals surface area contributed by atoms with Crippen LogP contribution in [0.25, 0.3) is 11.3 Å². The molecule has 1 aromatic carbocycles. The Hall–Kier alpha value is -2.00. The van der Waals surface area contributed by atoms with Crippen molar-refractivity contribution in [3.63, 3.8) is 0 Å². The third-order valence-electron chi connectivity index (χ3n) is 2.10. The van der Waals surface area contributed by atoms with Gasteiger partial charge in [0.25, 0.3) is 0 Å². The van der Waals surface area contributed by atoms with E-state index in [2.05, 4.69) is 17.1 Å². The Kier molecular flexibility index (Phi) is 4.55. The summed E-state index contributed by atoms with van der Waals surface area (Å²) >= 11 is 0. The fourth-order valence-corrected chi connectivity index (χ4v) is 1.30. The van der Waals surface area contributed by atoms with E-state index in [0.717, 1.165) is 5.56 Å². The van der Waals surface area contributed by atoms with Gasteiger partial charge in [0.2, 0.25) is 0 Å². The fraction of sp³-hybridized carbons (Fsp3) is 0. The van der Waals surface area contributed by atoms with Crippen molar-refractivity contribution in [1.82, 2.24) is 4.98 Å². The number of benzene rings is 1. The molecule has 2 aromatic rings. The van der Waals surface area contributed by atoms with Crippen LogP contribution in [-0.4, -0.2) is 4.98 Å². The molecular formula is C13H6IrN3-. The summed E-state index contributed by atoms with van der Waals surface area (Å²) in [4.78, 5) is 4.13. The molecule has 0 fully saturated rings. The maximum Gasteiger partial charge on any atom is 0.101 e. The molecule has 0 N–H and O–H groups in total. The van der Waals surface area contributed by atoms with Crippen molar-refractivity contribution < 1.29 is 20.1 Å². The van der Waals surface area contributed by atoms with Crippen LogP contribution in [0.2, 0.25) is 0 Å². The number of rotatable bonds is 1. The average molecular weight is 396 g/mol. The van der Waals surface area contributed by atoms with Gasteiger partial charge in [-0.15, -0.1) is 29.8 Å². The molecule has 2 rings (SSSR count). The molecule has 0 saturated heterocycles. The van der Waals surface area contributed by atoms with Gasteiger partial charge in [-0.3, -0.25) is 0 Å². The van der Waals surface area contributed by atoms with E-state index in [1.165, 1.54) is 6.20 Å². The van der Waals surface area contributed by atoms with Crippen LogP contribution in [0.5, 0.6) is 0 Å². The Balaban J connectivity index is 0.00000144. The summed E-state index contributed by atoms with van der Waals surface area (Å²) in [6.07, 6.45) is 1.50. The average Bonchev–Trinajstić information content (AvgIpc) is 2.39. The Morgan fingerprint density at radius 2 is 1.82 bits per heavy atom. The topological polar surface area (TPSA) is 60.5 Å². The molecule has 0 saturated carbocycles. The first-order valence-corrected chi connectivity index (χ1v) is 4.62. The number of aromatic nitrogens is 1. The first kappa shape index (κ1) is 13.1. The van der Waals surface area contributed by atoms with Gasteiger partial charge >= 0.3 is 0 Å². The summed E-state index contributed by atoms with van der Waals surface area (Å²) in [5.74, 6) is 0. The molecular weight excluding hydrogens is 390 g/mol. The molecule has 0 aliphatic heterocycles. The van der Waals surface area contributed by atoms with E-state index in [1.54, 1.807) is 30.3 Å². The monoisotopic (exact) mass is 397 g/mol. The molecule has 0 unspecified atom stereocenters. The van der Waals surface area contributed by atoms with Crippen LogP contribution < -0.4 is 0 Å². The molecule has 83 valence electrons. The van der Waals surface area contributed by atoms with Gasteiger partial charge in [0.15, 0.2) is 0 Å². The molecule has 0 aliphatic carbocycles. The van der Waals surface area contributed by atoms with E-state index in [-0.39, 0.29) is 20.1 Å². The van der Waals surface area contributed by atoms with E-state index < -0.39 is 0 Å². The van der Waals surface area contributed by atoms with Crippen LogP contribution in [0, 0.1) is 28.7 Å². The molecule has 0 aliphatic rings. The van der Waals surface area contributed by atoms with Crippen molar-refractivity contribution in [1.29, 1.82) is 10.5 Å². The van der Waals surface area contributed by atoms with Gasteiger partial charge in [-0.1, -0.05) is 6.07 Å². The van der Waals surface area contributed by atoms with Gasteiger partial charge in [0.1, 0.15) is 6.07 Å². The van der Waals surface area contributed by atoms with Gasteiger partial charge in [-0.2, -0.15) is 10.5 Å². The molecule has 17 heavy (non-hydrogen) atoms. The summed E-state index contributed by atoms with van der Waals surface area (Å²) < 4.78 is 0. The van der Waals surface area contributed by atoms with Crippen LogP contribution in [0.1, 0.15) is 11.1 Å². The molecule has 3 nitrogen and oxygen atoms in total. The van der Waals surface area contributed by atoms with Crippen molar-refractivity contribution in [2.45, 2.75) is 0 Å². The smallest absolute Gasteiger partial charge is 0.101 e. The second-order valence-electron chi connectivity index (χ2n) is 3.15. The molecule has 0 spiro atoms. The first-order valence-electron chi connectivity index (χ1n) is 4.62. The quantitative estimate of drug-likeness (QED) is 0.695. The normalized spacial score (nSPS) is 8.59. The number of pyridine rings is 1. The van der Waals surface area contributed by atoms with Gasteiger partial charge in [0, 0.05) is 26.3 Å². The second kappa shape index (κ2) is 5.91. The zero-order valence-electron chi connectivity index (χ0n) is 8.64. The maximum atomic E-state index is 8.76. The summed E-state index contributed by atoms with van der Waals surface area (Å²) in [5, 5.41) is 17.4. The number of hydrogen-bond donors (Lipinski definition) is 0. The predicted octanol–water partition coefficient (Wildman–Crippen LogP) is 2.29. The largest absolute Gasteiger partial charge is 0.303 e. The fourth-order valence-electron chi connectivity index (χ4n) is 1.30. The van der Waals surface area contributed by atoms with Crippen LogP contribution in [-0.2, 0) is 20.1 Å². The molecule has 0 atom stereocenters. The van der Waals surface area contributed by atoms with Crippen molar-refractivity contribution in [3.8, 4) is 23.4 Å². The molecule has 0 bridgehead atoms. The maximum absolute atomic E-state index is 8.76. The number of nitriles is 2. The third kappa shape index (κ3) is 2.98. The van der Waals surface area contributed by atoms with E-state index >= 15 is 0 Å². The Morgan fingerprint density at radius 3 is 2.41 bits per heavy atom. The van der Waals surface area contributed by atoms with Gasteiger partial charge in [-0.25, -0.2) is 0 Å². The van der Waals surface area contributed by atoms with Crippen LogP contribution >= 0.6 is 0 Å². The molecule has 1 radical (unpaired) electrons. The van der Waals surface area contributed by atoms with Gasteiger partial charge in [0.05, 0.1) is 11.6 Å². The minimum atomic E-state index is 0. The van der Waals surface area contributed by atoms with Crippen LogP contribution in [0.3, 0.4) is 0 Å². The van der Waals surface area contributed by atoms with Crippen molar-refractivity contribution in [3.05, 3.63) is 53.7 Å². The van der Waals surface area contributed by atoms with Gasteiger partial charge in [-0.05, 0) is 17.3 Å². The number of hydrogen-bond acceptors (Lipinski definition) is 3. The van der Waals surface area contributed by atoms with E-state index in [4.69, 9.17) is 10.5 Å². The Labute approximate surface area is 113 Å². The summed E-state index contributed by atoms with van der Waals surface area (Å²) in [6.45, 7) is 0. The Bertz CT molecular complexity index is 591. The molecule has 1 aromatic heterocycles. The van der Waals surface area contributed by atoms with Crippen molar-refractivity contribution >= 4 is 0 Å². The zero-order valence-corrected chi connectivity index (χ0v) is 11.0. The summed E-state index contributed by atoms with van der Waals surface area (Å²) in [6, 6.07) is 15.6. The van der Waals surface area contributed by atoms with Crippen molar-refractivity contribution in [2.75, 3.05) is 0 Å². The SMILES string of the molecule is N#Cc1ccc(-c2[c-]ccc(C#N)c2)nc1.[Ir]. The third-order valence-corrected chi connectivity index (χ3v) is 2.10. The standard InChI is InChI=1S/C13H6N3.Ir/c14-7-10-2-1-3-12(6-10)13-5-4-11(8-15)9-16-13;/h1-2,4-6,9H;/q-1;. The second-order valence-corrected chi connectivity index (χ2v) is 3.15. The van der Waals surface area contributed by atoms with Gasteiger partial charge < -0.3 is 4.98 Å². The van der Waals surface area contributed by atoms with Crippen LogP contribution in [0.15, 0.2) is 36.5 Å². The number of nitrogens with zero attached hydrogens (tertiary/aromatic N) is 3. The van der Waals surface area contributed by atoms with E-state index in [9.17, 15) is 0 Å². The van der Waals surface area contributed by atoms with Crippen LogP contribution in [0.4, 0.5) is 0 Å². The summed E-state index contributed by atoms with van der Waals surface area (Å²) in [5.41, 5.74) is 2.54.